The third-order valence-corrected chi connectivity index (χ3v) is 4.17. The molecule has 2 heteroatoms. The van der Waals surface area contributed by atoms with Crippen molar-refractivity contribution in [3.63, 3.8) is 0 Å². The summed E-state index contributed by atoms with van der Waals surface area (Å²) >= 11 is 0. The molecule has 1 aromatic rings. The number of benzene rings is 1. The maximum Gasteiger partial charge on any atom is 0.310 e. The fourth-order valence-corrected chi connectivity index (χ4v) is 2.76. The summed E-state index contributed by atoms with van der Waals surface area (Å²) in [7, 11) is 0. The summed E-state index contributed by atoms with van der Waals surface area (Å²) in [6.07, 6.45) is 4.35. The Morgan fingerprint density at radius 1 is 1.15 bits per heavy atom. The summed E-state index contributed by atoms with van der Waals surface area (Å²) in [6, 6.07) is 9.79. The van der Waals surface area contributed by atoms with Gasteiger partial charge in [0.25, 0.3) is 0 Å². The lowest BCUT2D eigenvalue weighted by atomic mass is 9.81. The highest BCUT2D eigenvalue weighted by Crippen LogP contribution is 2.35. The summed E-state index contributed by atoms with van der Waals surface area (Å²) in [5, 5.41) is 0. The maximum atomic E-state index is 12.1. The van der Waals surface area contributed by atoms with Crippen molar-refractivity contribution in [3.05, 3.63) is 47.0 Å². The molecule has 0 aromatic heterocycles. The van der Waals surface area contributed by atoms with Gasteiger partial charge in [-0.1, -0.05) is 41.5 Å². The second-order valence-corrected chi connectivity index (χ2v) is 6.19. The van der Waals surface area contributed by atoms with Crippen molar-refractivity contribution in [3.8, 4) is 0 Å². The van der Waals surface area contributed by atoms with Crippen LogP contribution in [0.3, 0.4) is 0 Å². The van der Waals surface area contributed by atoms with E-state index in [4.69, 9.17) is 4.74 Å². The Morgan fingerprint density at radius 3 is 2.30 bits per heavy atom. The molecule has 0 bridgehead atoms. The monoisotopic (exact) mass is 272 g/mol. The van der Waals surface area contributed by atoms with E-state index in [-0.39, 0.29) is 11.6 Å². The molecule has 0 N–H and O–H groups in total. The zero-order valence-corrected chi connectivity index (χ0v) is 12.7. The van der Waals surface area contributed by atoms with Crippen LogP contribution in [0.1, 0.15) is 52.0 Å². The molecule has 1 saturated carbocycles. The number of rotatable bonds is 3. The number of hydrogen-bond donors (Lipinski definition) is 0. The topological polar surface area (TPSA) is 26.3 Å². The second-order valence-electron chi connectivity index (χ2n) is 6.19. The van der Waals surface area contributed by atoms with E-state index in [1.807, 2.05) is 30.3 Å². The molecular formula is C18H24O2. The lowest BCUT2D eigenvalue weighted by Crippen LogP contribution is -2.35. The molecule has 0 radical (unpaired) electrons. The Balaban J connectivity index is 1.90. The first-order valence-electron chi connectivity index (χ1n) is 7.39. The zero-order chi connectivity index (χ0) is 14.6. The first kappa shape index (κ1) is 14.8. The fraction of sp³-hybridized carbons (Fsp3) is 0.500. The molecule has 1 aromatic carbocycles. The van der Waals surface area contributed by atoms with Crippen LogP contribution in [0.2, 0.25) is 0 Å². The molecule has 0 saturated heterocycles. The minimum atomic E-state index is -0.287. The SMILES string of the molecule is CC(C)=C1CCC(C)(OC(=O)Cc2ccccc2)CC1. The van der Waals surface area contributed by atoms with Gasteiger partial charge in [-0.05, 0) is 52.0 Å². The Kier molecular flexibility index (Phi) is 4.64. The standard InChI is InChI=1S/C18H24O2/c1-14(2)16-9-11-18(3,12-10-16)20-17(19)13-15-7-5-4-6-8-15/h4-8H,9-13H2,1-3H3. The molecule has 0 atom stereocenters. The molecule has 0 aliphatic heterocycles. The van der Waals surface area contributed by atoms with Gasteiger partial charge in [0.15, 0.2) is 0 Å². The molecule has 0 heterocycles. The highest BCUT2D eigenvalue weighted by Gasteiger charge is 2.32. The Hall–Kier alpha value is -1.57. The summed E-state index contributed by atoms with van der Waals surface area (Å²) in [4.78, 5) is 12.1. The van der Waals surface area contributed by atoms with Gasteiger partial charge in [0.05, 0.1) is 6.42 Å². The van der Waals surface area contributed by atoms with E-state index in [1.54, 1.807) is 0 Å². The van der Waals surface area contributed by atoms with E-state index in [0.717, 1.165) is 31.2 Å². The molecule has 1 aliphatic carbocycles. The number of esters is 1. The lowest BCUT2D eigenvalue weighted by molar-refractivity contribution is -0.159. The van der Waals surface area contributed by atoms with Crippen molar-refractivity contribution >= 4 is 5.97 Å². The van der Waals surface area contributed by atoms with Gasteiger partial charge in [0.2, 0.25) is 0 Å². The summed E-state index contributed by atoms with van der Waals surface area (Å²) in [5.74, 6) is -0.112. The predicted octanol–water partition coefficient (Wildman–Crippen LogP) is 4.44. The third-order valence-electron chi connectivity index (χ3n) is 4.17. The Labute approximate surface area is 121 Å². The fourth-order valence-electron chi connectivity index (χ4n) is 2.76. The third kappa shape index (κ3) is 3.96. The number of carbonyl (C=O) groups is 1. The van der Waals surface area contributed by atoms with Crippen molar-refractivity contribution in [2.24, 2.45) is 0 Å². The number of hydrogen-bond acceptors (Lipinski definition) is 2. The Bertz CT molecular complexity index is 485. The van der Waals surface area contributed by atoms with Gasteiger partial charge in [-0.25, -0.2) is 0 Å². The second kappa shape index (κ2) is 6.25. The normalized spacial score (nSPS) is 22.4. The molecular weight excluding hydrogens is 248 g/mol. The van der Waals surface area contributed by atoms with Crippen LogP contribution in [-0.4, -0.2) is 11.6 Å². The van der Waals surface area contributed by atoms with Crippen LogP contribution in [0, 0.1) is 0 Å². The highest BCUT2D eigenvalue weighted by atomic mass is 16.6. The van der Waals surface area contributed by atoms with Crippen LogP contribution in [0.4, 0.5) is 0 Å². The van der Waals surface area contributed by atoms with Gasteiger partial charge >= 0.3 is 5.97 Å². The van der Waals surface area contributed by atoms with Crippen molar-refractivity contribution < 1.29 is 9.53 Å². The summed E-state index contributed by atoms with van der Waals surface area (Å²) in [5.41, 5.74) is 3.68. The zero-order valence-electron chi connectivity index (χ0n) is 12.7. The Morgan fingerprint density at radius 2 is 1.75 bits per heavy atom. The van der Waals surface area contributed by atoms with Crippen LogP contribution in [0.5, 0.6) is 0 Å². The van der Waals surface area contributed by atoms with E-state index >= 15 is 0 Å². The van der Waals surface area contributed by atoms with E-state index in [0.29, 0.717) is 6.42 Å². The molecule has 1 fully saturated rings. The largest absolute Gasteiger partial charge is 0.459 e. The average Bonchev–Trinajstić information content (AvgIpc) is 2.39. The number of ether oxygens (including phenoxy) is 1. The van der Waals surface area contributed by atoms with Gasteiger partial charge in [-0.15, -0.1) is 0 Å². The van der Waals surface area contributed by atoms with Crippen LogP contribution < -0.4 is 0 Å². The van der Waals surface area contributed by atoms with Crippen LogP contribution in [-0.2, 0) is 16.0 Å². The van der Waals surface area contributed by atoms with Gasteiger partial charge in [-0.2, -0.15) is 0 Å². The molecule has 2 nitrogen and oxygen atoms in total. The van der Waals surface area contributed by atoms with Crippen LogP contribution in [0.15, 0.2) is 41.5 Å². The maximum absolute atomic E-state index is 12.1. The number of allylic oxidation sites excluding steroid dienone is 2. The molecule has 0 amide bonds. The van der Waals surface area contributed by atoms with Crippen molar-refractivity contribution in [2.75, 3.05) is 0 Å². The van der Waals surface area contributed by atoms with Gasteiger partial charge in [0.1, 0.15) is 5.60 Å². The van der Waals surface area contributed by atoms with Gasteiger partial charge in [-0.3, -0.25) is 4.79 Å². The highest BCUT2D eigenvalue weighted by molar-refractivity contribution is 5.73. The first-order chi connectivity index (χ1) is 9.48. The molecule has 2 rings (SSSR count). The average molecular weight is 272 g/mol. The first-order valence-corrected chi connectivity index (χ1v) is 7.39. The van der Waals surface area contributed by atoms with Crippen molar-refractivity contribution in [1.82, 2.24) is 0 Å². The molecule has 1 aliphatic rings. The molecule has 108 valence electrons. The quantitative estimate of drug-likeness (QED) is 0.600. The summed E-state index contributed by atoms with van der Waals surface area (Å²) in [6.45, 7) is 6.40. The lowest BCUT2D eigenvalue weighted by Gasteiger charge is -2.35. The van der Waals surface area contributed by atoms with E-state index < -0.39 is 0 Å². The smallest absolute Gasteiger partial charge is 0.310 e. The van der Waals surface area contributed by atoms with Crippen LogP contribution in [0.25, 0.3) is 0 Å². The van der Waals surface area contributed by atoms with Crippen molar-refractivity contribution in [1.29, 1.82) is 0 Å². The van der Waals surface area contributed by atoms with Gasteiger partial charge < -0.3 is 4.74 Å². The minimum absolute atomic E-state index is 0.112. The van der Waals surface area contributed by atoms with Crippen LogP contribution >= 0.6 is 0 Å². The van der Waals surface area contributed by atoms with E-state index in [2.05, 4.69) is 20.8 Å². The van der Waals surface area contributed by atoms with Crippen molar-refractivity contribution in [2.45, 2.75) is 58.5 Å². The minimum Gasteiger partial charge on any atom is -0.459 e. The predicted molar refractivity (Wildman–Crippen MR) is 81.5 cm³/mol. The van der Waals surface area contributed by atoms with E-state index in [1.165, 1.54) is 11.1 Å². The molecule has 0 unspecified atom stereocenters. The van der Waals surface area contributed by atoms with E-state index in [9.17, 15) is 4.79 Å². The summed E-state index contributed by atoms with van der Waals surface area (Å²) < 4.78 is 5.75. The van der Waals surface area contributed by atoms with Gasteiger partial charge in [0, 0.05) is 0 Å². The number of carbonyl (C=O) groups excluding carboxylic acids is 1. The molecule has 0 spiro atoms. The molecule has 20 heavy (non-hydrogen) atoms.